The summed E-state index contributed by atoms with van der Waals surface area (Å²) in [5.41, 5.74) is -2.72. The van der Waals surface area contributed by atoms with E-state index in [1.165, 1.54) is 36.4 Å². The number of hydrogen-bond acceptors (Lipinski definition) is 7. The number of benzene rings is 2. The van der Waals surface area contributed by atoms with E-state index in [1.807, 2.05) is 0 Å². The summed E-state index contributed by atoms with van der Waals surface area (Å²) in [5.74, 6) is -2.20. The van der Waals surface area contributed by atoms with Crippen molar-refractivity contribution in [2.75, 3.05) is 6.54 Å². The van der Waals surface area contributed by atoms with Crippen molar-refractivity contribution < 1.29 is 37.0 Å². The van der Waals surface area contributed by atoms with Gasteiger partial charge >= 0.3 is 17.8 Å². The van der Waals surface area contributed by atoms with Crippen molar-refractivity contribution in [1.29, 1.82) is 0 Å². The zero-order valence-corrected chi connectivity index (χ0v) is 18.6. The third kappa shape index (κ3) is 4.84. The molecule has 2 heterocycles. The Bertz CT molecular complexity index is 1340. The van der Waals surface area contributed by atoms with Crippen LogP contribution in [0.4, 0.5) is 17.6 Å². The molecule has 0 fully saturated rings. The molecule has 0 saturated carbocycles. The molecule has 6 nitrogen and oxygen atoms in total. The molecule has 0 bridgehead atoms. The number of nitrogens with zero attached hydrogens (tertiary/aromatic N) is 1. The average Bonchev–Trinajstić information content (AvgIpc) is 3.21. The van der Waals surface area contributed by atoms with Gasteiger partial charge in [-0.3, -0.25) is 9.79 Å². The van der Waals surface area contributed by atoms with E-state index in [0.717, 1.165) is 11.8 Å². The molecule has 1 aliphatic rings. The molecule has 1 aliphatic heterocycles. The van der Waals surface area contributed by atoms with Gasteiger partial charge in [-0.25, -0.2) is 9.18 Å². The van der Waals surface area contributed by atoms with Gasteiger partial charge in [0.1, 0.15) is 15.8 Å². The van der Waals surface area contributed by atoms with Crippen molar-refractivity contribution in [1.82, 2.24) is 0 Å². The summed E-state index contributed by atoms with van der Waals surface area (Å²) in [6, 6.07) is 11.7. The molecule has 0 spiro atoms. The first-order valence-electron chi connectivity index (χ1n) is 9.70. The van der Waals surface area contributed by atoms with Gasteiger partial charge < -0.3 is 14.6 Å². The molecule has 2 aromatic carbocycles. The lowest BCUT2D eigenvalue weighted by atomic mass is 9.94. The molecule has 0 amide bonds. The number of carboxylic acid groups (broad SMARTS) is 1. The zero-order valence-electron chi connectivity index (χ0n) is 17.0. The van der Waals surface area contributed by atoms with Gasteiger partial charge in [0.2, 0.25) is 0 Å². The Kier molecular flexibility index (Phi) is 6.49. The van der Waals surface area contributed by atoms with Crippen molar-refractivity contribution in [3.63, 3.8) is 0 Å². The third-order valence-corrected chi connectivity index (χ3v) is 7.64. The first-order valence-corrected chi connectivity index (χ1v) is 11.4. The van der Waals surface area contributed by atoms with Crippen molar-refractivity contribution >= 4 is 44.8 Å². The lowest BCUT2D eigenvalue weighted by Gasteiger charge is -2.33. The van der Waals surface area contributed by atoms with Crippen LogP contribution in [0.3, 0.4) is 0 Å². The van der Waals surface area contributed by atoms with Gasteiger partial charge in [-0.1, -0.05) is 35.7 Å². The van der Waals surface area contributed by atoms with Gasteiger partial charge in [0.25, 0.3) is 0 Å². The second kappa shape index (κ2) is 9.08. The number of carbonyl (C=O) groups is 1. The van der Waals surface area contributed by atoms with Gasteiger partial charge in [0.05, 0.1) is 18.2 Å². The molecule has 1 aromatic heterocycles. The predicted octanol–water partition coefficient (Wildman–Crippen LogP) is 4.93. The standard InChI is InChI=1S/C22H15F4NO5S2/c23-12-3-1-11(2-4-12)15-8-19(30)32-16-7-13(5-6-14(15)16)33-20-27-10-17(34-20)21(31,9-18(28)29)22(24,25)26/h1-8,17,31H,9-10H2,(H,28,29)/t17?,21-/m1/s1. The summed E-state index contributed by atoms with van der Waals surface area (Å²) < 4.78 is 59.1. The summed E-state index contributed by atoms with van der Waals surface area (Å²) in [6.45, 7) is -0.409. The summed E-state index contributed by atoms with van der Waals surface area (Å²) in [4.78, 5) is 27.5. The molecule has 12 heteroatoms. The van der Waals surface area contributed by atoms with Crippen LogP contribution in [0.1, 0.15) is 6.42 Å². The van der Waals surface area contributed by atoms with Crippen LogP contribution in [0.25, 0.3) is 22.1 Å². The van der Waals surface area contributed by atoms with Crippen molar-refractivity contribution in [2.45, 2.75) is 28.3 Å². The summed E-state index contributed by atoms with van der Waals surface area (Å²) in [7, 11) is 0. The minimum atomic E-state index is -5.15. The molecule has 34 heavy (non-hydrogen) atoms. The van der Waals surface area contributed by atoms with E-state index in [2.05, 4.69) is 4.99 Å². The van der Waals surface area contributed by atoms with Crippen LogP contribution in [0.5, 0.6) is 0 Å². The Balaban J connectivity index is 1.58. The number of carboxylic acids is 1. The second-order valence-corrected chi connectivity index (χ2v) is 9.96. The molecule has 1 unspecified atom stereocenters. The molecule has 0 aliphatic carbocycles. The maximum Gasteiger partial charge on any atom is 0.418 e. The predicted molar refractivity (Wildman–Crippen MR) is 121 cm³/mol. The lowest BCUT2D eigenvalue weighted by Crippen LogP contribution is -2.55. The number of aliphatic hydroxyl groups is 1. The Morgan fingerprint density at radius 1 is 1.18 bits per heavy atom. The smallest absolute Gasteiger partial charge is 0.418 e. The Labute approximate surface area is 197 Å². The first-order chi connectivity index (χ1) is 16.0. The highest BCUT2D eigenvalue weighted by atomic mass is 32.2. The van der Waals surface area contributed by atoms with Crippen molar-refractivity contribution in [2.24, 2.45) is 4.99 Å². The molecule has 0 saturated heterocycles. The summed E-state index contributed by atoms with van der Waals surface area (Å²) in [5, 5.41) is 18.0. The van der Waals surface area contributed by atoms with E-state index < -0.39 is 47.4 Å². The fraction of sp³-hybridized carbons (Fsp3) is 0.227. The minimum absolute atomic E-state index is 0.203. The van der Waals surface area contributed by atoms with Gasteiger partial charge in [-0.2, -0.15) is 13.2 Å². The first kappa shape index (κ1) is 24.3. The number of halogens is 4. The van der Waals surface area contributed by atoms with Crippen LogP contribution in [-0.4, -0.2) is 44.1 Å². The average molecular weight is 513 g/mol. The van der Waals surface area contributed by atoms with Gasteiger partial charge in [0.15, 0.2) is 5.60 Å². The Hall–Kier alpha value is -2.83. The summed E-state index contributed by atoms with van der Waals surface area (Å²) in [6.07, 6.45) is -6.64. The molecule has 3 aromatic rings. The van der Waals surface area contributed by atoms with Gasteiger partial charge in [0, 0.05) is 16.3 Å². The van der Waals surface area contributed by atoms with Gasteiger partial charge in [-0.15, -0.1) is 0 Å². The van der Waals surface area contributed by atoms with Gasteiger partial charge in [-0.05, 0) is 41.5 Å². The number of hydrogen-bond donors (Lipinski definition) is 2. The van der Waals surface area contributed by atoms with Crippen LogP contribution in [0.15, 0.2) is 67.6 Å². The SMILES string of the molecule is O=C(O)C[C@@](O)(C1CN=C(Sc2ccc3c(-c4ccc(F)cc4)cc(=O)oc3c2)S1)C(F)(F)F. The Morgan fingerprint density at radius 2 is 1.88 bits per heavy atom. The number of aliphatic imine (C=N–C) groups is 1. The van der Waals surface area contributed by atoms with Crippen LogP contribution < -0.4 is 5.63 Å². The molecular formula is C22H15F4NO5S2. The topological polar surface area (TPSA) is 100 Å². The largest absolute Gasteiger partial charge is 0.481 e. The Morgan fingerprint density at radius 3 is 2.53 bits per heavy atom. The quantitative estimate of drug-likeness (QED) is 0.369. The maximum atomic E-state index is 13.4. The number of rotatable bonds is 5. The molecular weight excluding hydrogens is 498 g/mol. The molecule has 178 valence electrons. The van der Waals surface area contributed by atoms with Crippen LogP contribution >= 0.6 is 23.5 Å². The van der Waals surface area contributed by atoms with E-state index in [9.17, 15) is 32.3 Å². The van der Waals surface area contributed by atoms with E-state index >= 15 is 0 Å². The number of aliphatic carboxylic acids is 1. The lowest BCUT2D eigenvalue weighted by molar-refractivity contribution is -0.261. The summed E-state index contributed by atoms with van der Waals surface area (Å²) >= 11 is 1.64. The number of fused-ring (bicyclic) bond motifs is 1. The third-order valence-electron chi connectivity index (χ3n) is 5.15. The highest BCUT2D eigenvalue weighted by molar-refractivity contribution is 8.39. The van der Waals surface area contributed by atoms with Crippen LogP contribution in [-0.2, 0) is 4.79 Å². The van der Waals surface area contributed by atoms with Crippen LogP contribution in [0.2, 0.25) is 0 Å². The van der Waals surface area contributed by atoms with E-state index in [4.69, 9.17) is 9.52 Å². The van der Waals surface area contributed by atoms with Crippen molar-refractivity contribution in [3.05, 3.63) is 64.8 Å². The number of thioether (sulfide) groups is 2. The molecule has 2 atom stereocenters. The van der Waals surface area contributed by atoms with E-state index in [-0.39, 0.29) is 9.96 Å². The molecule has 2 N–H and O–H groups in total. The van der Waals surface area contributed by atoms with E-state index in [1.54, 1.807) is 12.1 Å². The normalized spacial score (nSPS) is 18.0. The van der Waals surface area contributed by atoms with Crippen molar-refractivity contribution in [3.8, 4) is 11.1 Å². The fourth-order valence-electron chi connectivity index (χ4n) is 3.46. The highest BCUT2D eigenvalue weighted by Crippen LogP contribution is 2.46. The fourth-order valence-corrected chi connectivity index (χ4v) is 5.89. The second-order valence-electron chi connectivity index (χ2n) is 7.45. The maximum absolute atomic E-state index is 13.4. The molecule has 4 rings (SSSR count). The molecule has 0 radical (unpaired) electrons. The minimum Gasteiger partial charge on any atom is -0.481 e. The van der Waals surface area contributed by atoms with E-state index in [0.29, 0.717) is 33.2 Å². The monoisotopic (exact) mass is 513 g/mol. The number of alkyl halides is 3. The van der Waals surface area contributed by atoms with Crippen LogP contribution in [0, 0.1) is 5.82 Å². The highest BCUT2D eigenvalue weighted by Gasteiger charge is 2.61. The zero-order chi connectivity index (χ0) is 24.7.